The fraction of sp³-hybridized carbons (Fsp3) is 0.412. The first-order valence-electron chi connectivity index (χ1n) is 7.49. The van der Waals surface area contributed by atoms with Crippen molar-refractivity contribution in [1.29, 1.82) is 0 Å². The van der Waals surface area contributed by atoms with Crippen molar-refractivity contribution in [1.82, 2.24) is 9.97 Å². The number of nitrogens with zero attached hydrogens (tertiary/aromatic N) is 2. The minimum atomic E-state index is 0.329. The van der Waals surface area contributed by atoms with Crippen LogP contribution in [0.25, 0.3) is 0 Å². The lowest BCUT2D eigenvalue weighted by molar-refractivity contribution is 0.607. The summed E-state index contributed by atoms with van der Waals surface area (Å²) in [6, 6.07) is 11.1. The Balaban J connectivity index is 1.76. The van der Waals surface area contributed by atoms with Gasteiger partial charge in [0.25, 0.3) is 0 Å². The molecular formula is C17H20BrN3. The molecule has 1 N–H and O–H groups in total. The zero-order valence-corrected chi connectivity index (χ0v) is 14.0. The van der Waals surface area contributed by atoms with Crippen molar-refractivity contribution in [3.63, 3.8) is 0 Å². The van der Waals surface area contributed by atoms with E-state index in [0.717, 1.165) is 35.5 Å². The number of aromatic nitrogens is 2. The Bertz CT molecular complexity index is 640. The smallest absolute Gasteiger partial charge is 0.134 e. The van der Waals surface area contributed by atoms with Crippen LogP contribution in [0.15, 0.2) is 34.9 Å². The second-order valence-corrected chi connectivity index (χ2v) is 6.75. The average Bonchev–Trinajstić information content (AvgIpc) is 2.46. The number of fused-ring (bicyclic) bond motifs is 1. The Morgan fingerprint density at radius 2 is 1.95 bits per heavy atom. The fourth-order valence-electron chi connectivity index (χ4n) is 2.80. The van der Waals surface area contributed by atoms with Crippen molar-refractivity contribution in [2.75, 3.05) is 5.32 Å². The number of anilines is 1. The first-order chi connectivity index (χ1) is 10.1. The molecule has 1 aromatic carbocycles. The number of rotatable bonds is 3. The maximum Gasteiger partial charge on any atom is 0.134 e. The normalized spacial score (nSPS) is 17.6. The van der Waals surface area contributed by atoms with Crippen molar-refractivity contribution in [2.24, 2.45) is 0 Å². The Kier molecular flexibility index (Phi) is 4.24. The number of benzene rings is 1. The van der Waals surface area contributed by atoms with Crippen LogP contribution in [0.3, 0.4) is 0 Å². The fourth-order valence-corrected chi connectivity index (χ4v) is 3.20. The number of hydrogen-bond donors (Lipinski definition) is 1. The summed E-state index contributed by atoms with van der Waals surface area (Å²) in [5.74, 6) is 2.13. The molecule has 4 heteroatoms. The molecule has 1 aromatic heterocycles. The molecule has 0 amide bonds. The number of hydrogen-bond acceptors (Lipinski definition) is 3. The van der Waals surface area contributed by atoms with Gasteiger partial charge >= 0.3 is 0 Å². The second kappa shape index (κ2) is 6.14. The van der Waals surface area contributed by atoms with Gasteiger partial charge in [-0.25, -0.2) is 9.97 Å². The summed E-state index contributed by atoms with van der Waals surface area (Å²) in [5.41, 5.74) is 2.95. The molecule has 21 heavy (non-hydrogen) atoms. The van der Waals surface area contributed by atoms with Gasteiger partial charge in [-0.15, -0.1) is 0 Å². The van der Waals surface area contributed by atoms with Gasteiger partial charge in [0.05, 0.1) is 0 Å². The van der Waals surface area contributed by atoms with Crippen molar-refractivity contribution in [3.8, 4) is 0 Å². The number of nitrogens with one attached hydrogen (secondary N) is 1. The minimum Gasteiger partial charge on any atom is -0.367 e. The van der Waals surface area contributed by atoms with Crippen LogP contribution in [0.5, 0.6) is 0 Å². The third-order valence-electron chi connectivity index (χ3n) is 3.93. The van der Waals surface area contributed by atoms with Gasteiger partial charge in [-0.1, -0.05) is 38.1 Å². The van der Waals surface area contributed by atoms with E-state index >= 15 is 0 Å². The summed E-state index contributed by atoms with van der Waals surface area (Å²) in [6.07, 6.45) is 3.35. The highest BCUT2D eigenvalue weighted by atomic mass is 79.9. The molecule has 0 radical (unpaired) electrons. The Hall–Kier alpha value is -1.42. The van der Waals surface area contributed by atoms with Crippen LogP contribution in [0.2, 0.25) is 0 Å². The standard InChI is InChI=1S/C17H20BrN3/c1-11(2)17-20-15(18)10-16(21-17)19-14-8-7-12-5-3-4-6-13(12)9-14/h3-6,10-11,14H,7-9H2,1-2H3,(H,19,20,21). The van der Waals surface area contributed by atoms with Crippen LogP contribution in [0.1, 0.15) is 43.1 Å². The highest BCUT2D eigenvalue weighted by Gasteiger charge is 2.19. The molecular weight excluding hydrogens is 326 g/mol. The van der Waals surface area contributed by atoms with Crippen molar-refractivity contribution in [3.05, 3.63) is 51.9 Å². The molecule has 1 aliphatic carbocycles. The topological polar surface area (TPSA) is 37.8 Å². The molecule has 0 saturated heterocycles. The van der Waals surface area contributed by atoms with E-state index < -0.39 is 0 Å². The van der Waals surface area contributed by atoms with Crippen LogP contribution in [-0.2, 0) is 12.8 Å². The molecule has 0 bridgehead atoms. The highest BCUT2D eigenvalue weighted by molar-refractivity contribution is 9.10. The van der Waals surface area contributed by atoms with Gasteiger partial charge in [0.15, 0.2) is 0 Å². The zero-order valence-electron chi connectivity index (χ0n) is 12.4. The van der Waals surface area contributed by atoms with Crippen LogP contribution >= 0.6 is 15.9 Å². The summed E-state index contributed by atoms with van der Waals surface area (Å²) < 4.78 is 0.847. The lowest BCUT2D eigenvalue weighted by Crippen LogP contribution is -2.28. The van der Waals surface area contributed by atoms with Crippen LogP contribution in [-0.4, -0.2) is 16.0 Å². The quantitative estimate of drug-likeness (QED) is 0.841. The number of aryl methyl sites for hydroxylation is 1. The third-order valence-corrected chi connectivity index (χ3v) is 4.33. The van der Waals surface area contributed by atoms with Gasteiger partial charge in [-0.3, -0.25) is 0 Å². The first-order valence-corrected chi connectivity index (χ1v) is 8.29. The molecule has 2 aromatic rings. The summed E-state index contributed by atoms with van der Waals surface area (Å²) in [6.45, 7) is 4.23. The highest BCUT2D eigenvalue weighted by Crippen LogP contribution is 2.24. The minimum absolute atomic E-state index is 0.329. The predicted octanol–water partition coefficient (Wildman–Crippen LogP) is 4.33. The Labute approximate surface area is 134 Å². The molecule has 1 atom stereocenters. The maximum atomic E-state index is 4.63. The first kappa shape index (κ1) is 14.5. The lowest BCUT2D eigenvalue weighted by atomic mass is 9.88. The van der Waals surface area contributed by atoms with Gasteiger partial charge in [-0.05, 0) is 46.3 Å². The molecule has 1 heterocycles. The molecule has 0 spiro atoms. The van der Waals surface area contributed by atoms with Gasteiger partial charge in [0, 0.05) is 18.0 Å². The zero-order chi connectivity index (χ0) is 14.8. The molecule has 0 saturated carbocycles. The maximum absolute atomic E-state index is 4.63. The number of halogens is 1. The Morgan fingerprint density at radius 3 is 2.71 bits per heavy atom. The van der Waals surface area contributed by atoms with Gasteiger partial charge < -0.3 is 5.32 Å². The lowest BCUT2D eigenvalue weighted by Gasteiger charge is -2.26. The molecule has 0 aliphatic heterocycles. The average molecular weight is 346 g/mol. The van der Waals surface area contributed by atoms with Gasteiger partial charge in [-0.2, -0.15) is 0 Å². The summed E-state index contributed by atoms with van der Waals surface area (Å²) in [7, 11) is 0. The van der Waals surface area contributed by atoms with Crippen molar-refractivity contribution >= 4 is 21.7 Å². The van der Waals surface area contributed by atoms with Crippen LogP contribution < -0.4 is 5.32 Å². The molecule has 3 rings (SSSR count). The van der Waals surface area contributed by atoms with E-state index in [0.29, 0.717) is 12.0 Å². The van der Waals surface area contributed by atoms with E-state index in [9.17, 15) is 0 Å². The summed E-state index contributed by atoms with van der Waals surface area (Å²) in [5, 5.41) is 3.58. The van der Waals surface area contributed by atoms with Crippen LogP contribution in [0, 0.1) is 0 Å². The van der Waals surface area contributed by atoms with E-state index in [4.69, 9.17) is 0 Å². The second-order valence-electron chi connectivity index (χ2n) is 5.94. The Morgan fingerprint density at radius 1 is 1.19 bits per heavy atom. The monoisotopic (exact) mass is 345 g/mol. The molecule has 110 valence electrons. The SMILES string of the molecule is CC(C)c1nc(Br)cc(NC2CCc3ccccc3C2)n1. The summed E-state index contributed by atoms with van der Waals surface area (Å²) >= 11 is 3.48. The molecule has 3 nitrogen and oxygen atoms in total. The molecule has 1 unspecified atom stereocenters. The van der Waals surface area contributed by atoms with Crippen molar-refractivity contribution < 1.29 is 0 Å². The van der Waals surface area contributed by atoms with Gasteiger partial charge in [0.2, 0.25) is 0 Å². The van der Waals surface area contributed by atoms with E-state index in [1.807, 2.05) is 6.07 Å². The van der Waals surface area contributed by atoms with E-state index in [-0.39, 0.29) is 0 Å². The largest absolute Gasteiger partial charge is 0.367 e. The third kappa shape index (κ3) is 3.43. The van der Waals surface area contributed by atoms with Crippen LogP contribution in [0.4, 0.5) is 5.82 Å². The van der Waals surface area contributed by atoms with E-state index in [1.165, 1.54) is 11.1 Å². The van der Waals surface area contributed by atoms with Gasteiger partial charge in [0.1, 0.15) is 16.2 Å². The molecule has 0 fully saturated rings. The summed E-state index contributed by atoms with van der Waals surface area (Å²) in [4.78, 5) is 9.06. The van der Waals surface area contributed by atoms with Crippen molar-refractivity contribution in [2.45, 2.75) is 45.1 Å². The van der Waals surface area contributed by atoms with E-state index in [1.54, 1.807) is 0 Å². The van der Waals surface area contributed by atoms with E-state index in [2.05, 4.69) is 69.3 Å². The predicted molar refractivity (Wildman–Crippen MR) is 89.7 cm³/mol. The molecule has 1 aliphatic rings.